The summed E-state index contributed by atoms with van der Waals surface area (Å²) in [6.45, 7) is 0. The van der Waals surface area contributed by atoms with Gasteiger partial charge in [0.05, 0.1) is 22.3 Å². The molecule has 2 saturated heterocycles. The summed E-state index contributed by atoms with van der Waals surface area (Å²) >= 11 is 0. The molecule has 194 valence electrons. The van der Waals surface area contributed by atoms with Gasteiger partial charge in [-0.05, 0) is 62.8 Å². The number of primary amides is 1. The third kappa shape index (κ3) is 4.65. The van der Waals surface area contributed by atoms with Crippen molar-refractivity contribution in [2.24, 2.45) is 5.73 Å². The van der Waals surface area contributed by atoms with Crippen molar-refractivity contribution < 1.29 is 4.79 Å². The van der Waals surface area contributed by atoms with Crippen LogP contribution in [-0.4, -0.2) is 38.5 Å². The summed E-state index contributed by atoms with van der Waals surface area (Å²) in [6, 6.07) is 16.8. The molecule has 1 saturated carbocycles. The van der Waals surface area contributed by atoms with E-state index in [2.05, 4.69) is 15.2 Å². The molecule has 2 aromatic carbocycles. The molecule has 1 unspecified atom stereocenters. The van der Waals surface area contributed by atoms with Gasteiger partial charge in [-0.2, -0.15) is 0 Å². The fourth-order valence-corrected chi connectivity index (χ4v) is 7.26. The summed E-state index contributed by atoms with van der Waals surface area (Å²) in [4.78, 5) is 33.5. The zero-order valence-electron chi connectivity index (χ0n) is 21.4. The number of hydrogen-bond acceptors (Lipinski definition) is 5. The number of piperidine rings is 1. The molecule has 3 N–H and O–H groups in total. The van der Waals surface area contributed by atoms with Crippen LogP contribution < -0.4 is 16.6 Å². The van der Waals surface area contributed by atoms with Crippen LogP contribution in [0.15, 0.2) is 53.3 Å². The first-order chi connectivity index (χ1) is 18.1. The lowest BCUT2D eigenvalue weighted by Crippen LogP contribution is -2.50. The van der Waals surface area contributed by atoms with Crippen molar-refractivity contribution in [3.8, 4) is 0 Å². The molecule has 1 aromatic heterocycles. The molecule has 37 heavy (non-hydrogen) atoms. The number of carbonyl (C=O) groups excluding carboxylic acids is 1. The van der Waals surface area contributed by atoms with Crippen LogP contribution in [0.4, 0.5) is 11.5 Å². The summed E-state index contributed by atoms with van der Waals surface area (Å²) in [5.74, 6) is -0.301. The van der Waals surface area contributed by atoms with Gasteiger partial charge in [0.2, 0.25) is 0 Å². The standard InChI is InChI=1S/C30H37N5O2/c31-28(36)24-12-6-7-13-25(24)32-29-30(37)35(27-15-9-8-14-26(27)33-29)23-18-21-16-17-22(19-23)34(21)20-10-4-2-1-3-5-11-20/h6-9,12-15,20-23H,1-5,10-11,16-19H2,(H2,31,36)(H,32,33)/t21-,22+,23?. The average molecular weight is 500 g/mol. The average Bonchev–Trinajstić information content (AvgIpc) is 3.13. The Labute approximate surface area is 218 Å². The van der Waals surface area contributed by atoms with Crippen molar-refractivity contribution in [1.29, 1.82) is 0 Å². The third-order valence-electron chi connectivity index (χ3n) is 8.87. The zero-order valence-corrected chi connectivity index (χ0v) is 21.4. The fraction of sp³-hybridized carbons (Fsp3) is 0.500. The number of anilines is 2. The van der Waals surface area contributed by atoms with E-state index in [-0.39, 0.29) is 17.4 Å². The van der Waals surface area contributed by atoms with Gasteiger partial charge in [0.1, 0.15) is 0 Å². The first kappa shape index (κ1) is 24.2. The van der Waals surface area contributed by atoms with E-state index in [1.54, 1.807) is 18.2 Å². The van der Waals surface area contributed by atoms with E-state index in [9.17, 15) is 9.59 Å². The Balaban J connectivity index is 1.34. The second-order valence-corrected chi connectivity index (χ2v) is 11.1. The van der Waals surface area contributed by atoms with Crippen molar-refractivity contribution in [2.45, 2.75) is 94.8 Å². The van der Waals surface area contributed by atoms with Crippen molar-refractivity contribution in [3.63, 3.8) is 0 Å². The fourth-order valence-electron chi connectivity index (χ4n) is 7.26. The van der Waals surface area contributed by atoms with Gasteiger partial charge in [-0.25, -0.2) is 4.98 Å². The minimum atomic E-state index is -0.539. The van der Waals surface area contributed by atoms with E-state index in [1.807, 2.05) is 34.9 Å². The number of nitrogens with one attached hydrogen (secondary N) is 1. The predicted molar refractivity (Wildman–Crippen MR) is 147 cm³/mol. The van der Waals surface area contributed by atoms with Gasteiger partial charge >= 0.3 is 0 Å². The molecule has 0 spiro atoms. The van der Waals surface area contributed by atoms with Gasteiger partial charge in [-0.1, -0.05) is 56.4 Å². The highest BCUT2D eigenvalue weighted by molar-refractivity contribution is 5.99. The van der Waals surface area contributed by atoms with Crippen LogP contribution in [0.5, 0.6) is 0 Å². The van der Waals surface area contributed by atoms with Crippen LogP contribution in [0, 0.1) is 0 Å². The van der Waals surface area contributed by atoms with Crippen LogP contribution in [0.1, 0.15) is 87.0 Å². The van der Waals surface area contributed by atoms with E-state index in [0.717, 1.165) is 23.9 Å². The number of hydrogen-bond donors (Lipinski definition) is 2. The van der Waals surface area contributed by atoms with Crippen LogP contribution in [0.25, 0.3) is 11.0 Å². The van der Waals surface area contributed by atoms with Crippen molar-refractivity contribution in [1.82, 2.24) is 14.5 Å². The van der Waals surface area contributed by atoms with Gasteiger partial charge in [0, 0.05) is 24.2 Å². The molecule has 6 rings (SSSR count). The number of nitrogens with two attached hydrogens (primary N) is 1. The molecular formula is C30H37N5O2. The van der Waals surface area contributed by atoms with Gasteiger partial charge in [-0.15, -0.1) is 0 Å². The number of fused-ring (bicyclic) bond motifs is 3. The molecule has 2 bridgehead atoms. The Morgan fingerprint density at radius 2 is 1.46 bits per heavy atom. The highest BCUT2D eigenvalue weighted by atomic mass is 16.1. The Bertz CT molecular complexity index is 1330. The van der Waals surface area contributed by atoms with Crippen LogP contribution in [0.2, 0.25) is 0 Å². The topological polar surface area (TPSA) is 93.2 Å². The number of rotatable bonds is 5. The first-order valence-electron chi connectivity index (χ1n) is 14.0. The van der Waals surface area contributed by atoms with Crippen LogP contribution in [-0.2, 0) is 0 Å². The quantitative estimate of drug-likeness (QED) is 0.482. The van der Waals surface area contributed by atoms with Gasteiger partial charge in [0.15, 0.2) is 5.82 Å². The van der Waals surface area contributed by atoms with Gasteiger partial charge in [-0.3, -0.25) is 14.5 Å². The molecule has 3 aliphatic rings. The molecule has 3 heterocycles. The molecule has 1 amide bonds. The monoisotopic (exact) mass is 499 g/mol. The third-order valence-corrected chi connectivity index (χ3v) is 8.87. The maximum Gasteiger partial charge on any atom is 0.294 e. The smallest absolute Gasteiger partial charge is 0.294 e. The zero-order chi connectivity index (χ0) is 25.4. The molecule has 1 aliphatic carbocycles. The summed E-state index contributed by atoms with van der Waals surface area (Å²) in [5, 5.41) is 3.15. The lowest BCUT2D eigenvalue weighted by Gasteiger charge is -2.45. The summed E-state index contributed by atoms with van der Waals surface area (Å²) in [7, 11) is 0. The van der Waals surface area contributed by atoms with E-state index >= 15 is 0 Å². The van der Waals surface area contributed by atoms with E-state index in [4.69, 9.17) is 5.73 Å². The van der Waals surface area contributed by atoms with Crippen molar-refractivity contribution in [2.75, 3.05) is 5.32 Å². The van der Waals surface area contributed by atoms with E-state index in [0.29, 0.717) is 29.4 Å². The molecule has 3 aromatic rings. The van der Waals surface area contributed by atoms with E-state index in [1.165, 1.54) is 57.8 Å². The molecule has 3 fully saturated rings. The Kier molecular flexibility index (Phi) is 6.72. The summed E-state index contributed by atoms with van der Waals surface area (Å²) in [6.07, 6.45) is 13.9. The second kappa shape index (κ2) is 10.3. The number of carbonyl (C=O) groups is 1. The number of amides is 1. The molecule has 3 atom stereocenters. The maximum absolute atomic E-state index is 14.0. The molecule has 7 heteroatoms. The predicted octanol–water partition coefficient (Wildman–Crippen LogP) is 5.52. The molecule has 2 aliphatic heterocycles. The summed E-state index contributed by atoms with van der Waals surface area (Å²) in [5.41, 5.74) is 7.95. The number of benzene rings is 2. The first-order valence-corrected chi connectivity index (χ1v) is 14.0. The minimum Gasteiger partial charge on any atom is -0.366 e. The maximum atomic E-state index is 14.0. The second-order valence-electron chi connectivity index (χ2n) is 11.1. The minimum absolute atomic E-state index is 0.134. The van der Waals surface area contributed by atoms with Crippen LogP contribution in [0.3, 0.4) is 0 Å². The lowest BCUT2D eigenvalue weighted by atomic mass is 9.89. The number of para-hydroxylation sites is 3. The largest absolute Gasteiger partial charge is 0.366 e. The lowest BCUT2D eigenvalue weighted by molar-refractivity contribution is 0.0498. The number of aromatic nitrogens is 2. The molecule has 7 nitrogen and oxygen atoms in total. The van der Waals surface area contributed by atoms with E-state index < -0.39 is 5.91 Å². The highest BCUT2D eigenvalue weighted by Crippen LogP contribution is 2.44. The van der Waals surface area contributed by atoms with Gasteiger partial charge < -0.3 is 15.6 Å². The number of nitrogens with zero attached hydrogens (tertiary/aromatic N) is 3. The SMILES string of the molecule is NC(=O)c1ccccc1Nc1nc2ccccc2n(C2C[C@H]3CC[C@@H](C2)N3C2CCCCCCC2)c1=O. The van der Waals surface area contributed by atoms with Crippen molar-refractivity contribution >= 4 is 28.4 Å². The highest BCUT2D eigenvalue weighted by Gasteiger charge is 2.44. The Hall–Kier alpha value is -3.19. The van der Waals surface area contributed by atoms with Gasteiger partial charge in [0.25, 0.3) is 11.5 Å². The Morgan fingerprint density at radius 1 is 0.811 bits per heavy atom. The van der Waals surface area contributed by atoms with Crippen LogP contribution >= 0.6 is 0 Å². The summed E-state index contributed by atoms with van der Waals surface area (Å²) < 4.78 is 1.98. The normalized spacial score (nSPS) is 25.0. The Morgan fingerprint density at radius 3 is 2.19 bits per heavy atom. The molecule has 0 radical (unpaired) electrons. The van der Waals surface area contributed by atoms with Crippen molar-refractivity contribution in [3.05, 3.63) is 64.4 Å². The molecular weight excluding hydrogens is 462 g/mol.